The predicted octanol–water partition coefficient (Wildman–Crippen LogP) is 3.11. The number of carbonyl (C=O) groups excluding carboxylic acids is 1. The van der Waals surface area contributed by atoms with Crippen molar-refractivity contribution in [1.82, 2.24) is 0 Å². The molecule has 0 N–H and O–H groups in total. The van der Waals surface area contributed by atoms with Crippen molar-refractivity contribution < 1.29 is 18.7 Å². The smallest absolute Gasteiger partial charge is 0.167 e. The van der Waals surface area contributed by atoms with Gasteiger partial charge in [-0.2, -0.15) is 0 Å². The van der Waals surface area contributed by atoms with Crippen molar-refractivity contribution in [1.29, 1.82) is 0 Å². The molecule has 0 aliphatic rings. The molecule has 0 unspecified atom stereocenters. The lowest BCUT2D eigenvalue weighted by atomic mass is 10.0. The number of ether oxygens (including phenoxy) is 2. The Labute approximate surface area is 111 Å². The van der Waals surface area contributed by atoms with Gasteiger partial charge in [0.15, 0.2) is 5.78 Å². The number of Topliss-reactive ketones (excluding diaryl/α,β-unsaturated/α-hetero) is 1. The summed E-state index contributed by atoms with van der Waals surface area (Å²) in [6.07, 6.45) is 2.55. The van der Waals surface area contributed by atoms with Crippen LogP contribution in [-0.4, -0.2) is 20.0 Å². The normalized spacial score (nSPS) is 10.2. The third kappa shape index (κ3) is 3.16. The maximum absolute atomic E-state index is 12.2. The lowest BCUT2D eigenvalue weighted by Gasteiger charge is -2.09. The zero-order valence-electron chi connectivity index (χ0n) is 11.0. The fraction of sp³-hybridized carbons (Fsp3) is 0.267. The number of furan rings is 1. The van der Waals surface area contributed by atoms with Crippen molar-refractivity contribution in [2.24, 2.45) is 0 Å². The number of methoxy groups -OCH3 is 2. The molecular formula is C15H16O4. The molecule has 0 amide bonds. The van der Waals surface area contributed by atoms with Crippen LogP contribution in [0.3, 0.4) is 0 Å². The van der Waals surface area contributed by atoms with E-state index in [1.54, 1.807) is 38.7 Å². The van der Waals surface area contributed by atoms with Crippen LogP contribution >= 0.6 is 0 Å². The Bertz CT molecular complexity index is 543. The molecule has 0 aliphatic carbocycles. The molecule has 0 radical (unpaired) electrons. The maximum Gasteiger partial charge on any atom is 0.167 e. The van der Waals surface area contributed by atoms with Gasteiger partial charge >= 0.3 is 0 Å². The molecule has 100 valence electrons. The number of rotatable bonds is 6. The first-order chi connectivity index (χ1) is 9.24. The van der Waals surface area contributed by atoms with E-state index in [1.807, 2.05) is 12.1 Å². The quantitative estimate of drug-likeness (QED) is 0.749. The summed E-state index contributed by atoms with van der Waals surface area (Å²) in [6, 6.07) is 8.87. The zero-order valence-corrected chi connectivity index (χ0v) is 11.0. The van der Waals surface area contributed by atoms with Gasteiger partial charge in [0.2, 0.25) is 0 Å². The van der Waals surface area contributed by atoms with Crippen molar-refractivity contribution in [2.45, 2.75) is 12.8 Å². The third-order valence-electron chi connectivity index (χ3n) is 2.89. The Hall–Kier alpha value is -2.23. The lowest BCUT2D eigenvalue weighted by molar-refractivity contribution is 0.0977. The van der Waals surface area contributed by atoms with Crippen molar-refractivity contribution in [3.8, 4) is 11.5 Å². The highest BCUT2D eigenvalue weighted by molar-refractivity contribution is 5.99. The van der Waals surface area contributed by atoms with Crippen LogP contribution in [0.25, 0.3) is 0 Å². The van der Waals surface area contributed by atoms with Gasteiger partial charge in [0, 0.05) is 12.8 Å². The molecule has 0 fully saturated rings. The minimum atomic E-state index is 0.00662. The average Bonchev–Trinajstić information content (AvgIpc) is 2.97. The van der Waals surface area contributed by atoms with Gasteiger partial charge < -0.3 is 13.9 Å². The second-order valence-corrected chi connectivity index (χ2v) is 4.07. The molecule has 0 aliphatic heterocycles. The molecular weight excluding hydrogens is 244 g/mol. The highest BCUT2D eigenvalue weighted by Crippen LogP contribution is 2.25. The van der Waals surface area contributed by atoms with Crippen LogP contribution in [0.15, 0.2) is 41.0 Å². The van der Waals surface area contributed by atoms with Crippen LogP contribution in [0.5, 0.6) is 11.5 Å². The summed E-state index contributed by atoms with van der Waals surface area (Å²) in [5, 5.41) is 0. The summed E-state index contributed by atoms with van der Waals surface area (Å²) in [6.45, 7) is 0. The van der Waals surface area contributed by atoms with Crippen LogP contribution in [0, 0.1) is 0 Å². The fourth-order valence-corrected chi connectivity index (χ4v) is 1.86. The number of benzene rings is 1. The van der Waals surface area contributed by atoms with E-state index in [0.717, 1.165) is 5.76 Å². The van der Waals surface area contributed by atoms with E-state index >= 15 is 0 Å². The second kappa shape index (κ2) is 6.09. The molecule has 0 bridgehead atoms. The van der Waals surface area contributed by atoms with E-state index < -0.39 is 0 Å². The number of hydrogen-bond donors (Lipinski definition) is 0. The van der Waals surface area contributed by atoms with Gasteiger partial charge in [-0.1, -0.05) is 0 Å². The average molecular weight is 260 g/mol. The number of aryl methyl sites for hydroxylation is 1. The fourth-order valence-electron chi connectivity index (χ4n) is 1.86. The van der Waals surface area contributed by atoms with Crippen LogP contribution < -0.4 is 9.47 Å². The lowest BCUT2D eigenvalue weighted by Crippen LogP contribution is -2.04. The van der Waals surface area contributed by atoms with Crippen molar-refractivity contribution in [3.05, 3.63) is 47.9 Å². The number of ketones is 1. The summed E-state index contributed by atoms with van der Waals surface area (Å²) in [4.78, 5) is 12.2. The van der Waals surface area contributed by atoms with E-state index in [9.17, 15) is 4.79 Å². The highest BCUT2D eigenvalue weighted by Gasteiger charge is 2.14. The topological polar surface area (TPSA) is 48.7 Å². The van der Waals surface area contributed by atoms with Gasteiger partial charge in [-0.3, -0.25) is 4.79 Å². The number of carbonyl (C=O) groups is 1. The van der Waals surface area contributed by atoms with E-state index in [0.29, 0.717) is 29.9 Å². The largest absolute Gasteiger partial charge is 0.497 e. The first-order valence-corrected chi connectivity index (χ1v) is 6.02. The molecule has 0 saturated carbocycles. The van der Waals surface area contributed by atoms with Crippen LogP contribution in [0.4, 0.5) is 0 Å². The van der Waals surface area contributed by atoms with E-state index in [4.69, 9.17) is 13.9 Å². The molecule has 2 aromatic rings. The molecule has 2 rings (SSSR count). The highest BCUT2D eigenvalue weighted by atomic mass is 16.5. The minimum Gasteiger partial charge on any atom is -0.497 e. The summed E-state index contributed by atoms with van der Waals surface area (Å²) < 4.78 is 15.5. The van der Waals surface area contributed by atoms with Crippen molar-refractivity contribution >= 4 is 5.78 Å². The van der Waals surface area contributed by atoms with Crippen molar-refractivity contribution in [2.75, 3.05) is 14.2 Å². The SMILES string of the molecule is COc1ccc(OC)c(C(=O)CCc2ccco2)c1. The summed E-state index contributed by atoms with van der Waals surface area (Å²) in [5.41, 5.74) is 0.536. The zero-order chi connectivity index (χ0) is 13.7. The Balaban J connectivity index is 2.12. The maximum atomic E-state index is 12.2. The van der Waals surface area contributed by atoms with Crippen LogP contribution in [0.1, 0.15) is 22.5 Å². The molecule has 19 heavy (non-hydrogen) atoms. The number of hydrogen-bond acceptors (Lipinski definition) is 4. The van der Waals surface area contributed by atoms with Crippen LogP contribution in [-0.2, 0) is 6.42 Å². The molecule has 1 aromatic heterocycles. The van der Waals surface area contributed by atoms with Gasteiger partial charge in [0.1, 0.15) is 17.3 Å². The molecule has 4 nitrogen and oxygen atoms in total. The first kappa shape index (κ1) is 13.2. The third-order valence-corrected chi connectivity index (χ3v) is 2.89. The predicted molar refractivity (Wildman–Crippen MR) is 70.9 cm³/mol. The Morgan fingerprint density at radius 1 is 1.21 bits per heavy atom. The molecule has 0 saturated heterocycles. The summed E-state index contributed by atoms with van der Waals surface area (Å²) >= 11 is 0. The van der Waals surface area contributed by atoms with E-state index in [-0.39, 0.29) is 5.78 Å². The Morgan fingerprint density at radius 3 is 2.68 bits per heavy atom. The molecule has 4 heteroatoms. The molecule has 1 heterocycles. The monoisotopic (exact) mass is 260 g/mol. The molecule has 0 spiro atoms. The standard InChI is InChI=1S/C15H16O4/c1-17-12-6-8-15(18-2)13(10-12)14(16)7-5-11-4-3-9-19-11/h3-4,6,8-10H,5,7H2,1-2H3. The first-order valence-electron chi connectivity index (χ1n) is 6.02. The van der Waals surface area contributed by atoms with Gasteiger partial charge in [-0.15, -0.1) is 0 Å². The van der Waals surface area contributed by atoms with E-state index in [1.165, 1.54) is 0 Å². The Kier molecular flexibility index (Phi) is 4.23. The van der Waals surface area contributed by atoms with Gasteiger partial charge in [-0.05, 0) is 30.3 Å². The van der Waals surface area contributed by atoms with Gasteiger partial charge in [-0.25, -0.2) is 0 Å². The second-order valence-electron chi connectivity index (χ2n) is 4.07. The van der Waals surface area contributed by atoms with Gasteiger partial charge in [0.25, 0.3) is 0 Å². The van der Waals surface area contributed by atoms with E-state index in [2.05, 4.69) is 0 Å². The summed E-state index contributed by atoms with van der Waals surface area (Å²) in [5.74, 6) is 2.01. The Morgan fingerprint density at radius 2 is 2.05 bits per heavy atom. The van der Waals surface area contributed by atoms with Crippen molar-refractivity contribution in [3.63, 3.8) is 0 Å². The van der Waals surface area contributed by atoms with Crippen LogP contribution in [0.2, 0.25) is 0 Å². The molecule has 1 aromatic carbocycles. The minimum absolute atomic E-state index is 0.00662. The molecule has 0 atom stereocenters. The van der Waals surface area contributed by atoms with Gasteiger partial charge in [0.05, 0.1) is 26.0 Å². The summed E-state index contributed by atoms with van der Waals surface area (Å²) in [7, 11) is 3.12.